The zero-order valence-corrected chi connectivity index (χ0v) is 14.7. The van der Waals surface area contributed by atoms with Crippen molar-refractivity contribution in [3.8, 4) is 5.75 Å². The minimum atomic E-state index is -0.145. The lowest BCUT2D eigenvalue weighted by atomic mass is 10.0. The van der Waals surface area contributed by atoms with E-state index < -0.39 is 0 Å². The number of rotatable bonds is 2. The molecule has 1 aliphatic heterocycles. The van der Waals surface area contributed by atoms with Gasteiger partial charge in [0.15, 0.2) is 4.32 Å². The Labute approximate surface area is 154 Å². The van der Waals surface area contributed by atoms with Crippen LogP contribution in [0.15, 0.2) is 71.6 Å². The first-order valence-electron chi connectivity index (χ1n) is 7.68. The Kier molecular flexibility index (Phi) is 4.03. The Morgan fingerprint density at radius 1 is 0.960 bits per heavy atom. The van der Waals surface area contributed by atoms with Crippen molar-refractivity contribution in [2.45, 2.75) is 0 Å². The molecule has 1 fully saturated rings. The van der Waals surface area contributed by atoms with Gasteiger partial charge in [0, 0.05) is 0 Å². The summed E-state index contributed by atoms with van der Waals surface area (Å²) >= 11 is 6.68. The van der Waals surface area contributed by atoms with Crippen molar-refractivity contribution in [1.82, 2.24) is 0 Å². The fourth-order valence-corrected chi connectivity index (χ4v) is 4.10. The highest BCUT2D eigenvalue weighted by molar-refractivity contribution is 8.27. The number of aromatic hydroxyl groups is 1. The van der Waals surface area contributed by atoms with Crippen LogP contribution in [0, 0.1) is 0 Å². The summed E-state index contributed by atoms with van der Waals surface area (Å²) in [5.41, 5.74) is 1.64. The van der Waals surface area contributed by atoms with Gasteiger partial charge in [-0.05, 0) is 46.7 Å². The molecule has 25 heavy (non-hydrogen) atoms. The van der Waals surface area contributed by atoms with E-state index in [-0.39, 0.29) is 11.7 Å². The third-order valence-corrected chi connectivity index (χ3v) is 5.31. The van der Waals surface area contributed by atoms with E-state index in [4.69, 9.17) is 12.2 Å². The maximum atomic E-state index is 12.8. The van der Waals surface area contributed by atoms with E-state index in [1.54, 1.807) is 24.3 Å². The second kappa shape index (κ2) is 6.35. The van der Waals surface area contributed by atoms with Gasteiger partial charge in [0.1, 0.15) is 5.75 Å². The Morgan fingerprint density at radius 2 is 1.68 bits per heavy atom. The van der Waals surface area contributed by atoms with Crippen LogP contribution < -0.4 is 4.90 Å². The fourth-order valence-electron chi connectivity index (χ4n) is 2.81. The monoisotopic (exact) mass is 363 g/mol. The number of hydrogen-bond acceptors (Lipinski definition) is 4. The highest BCUT2D eigenvalue weighted by atomic mass is 32.2. The average Bonchev–Trinajstić information content (AvgIpc) is 2.90. The molecule has 0 aliphatic carbocycles. The summed E-state index contributed by atoms with van der Waals surface area (Å²) in [6, 6.07) is 20.6. The maximum Gasteiger partial charge on any atom is 0.270 e. The largest absolute Gasteiger partial charge is 0.508 e. The highest BCUT2D eigenvalue weighted by Gasteiger charge is 2.33. The molecule has 1 amide bonds. The molecule has 5 heteroatoms. The van der Waals surface area contributed by atoms with Crippen molar-refractivity contribution < 1.29 is 9.90 Å². The van der Waals surface area contributed by atoms with Gasteiger partial charge in [-0.3, -0.25) is 9.69 Å². The van der Waals surface area contributed by atoms with Crippen LogP contribution in [0.25, 0.3) is 16.8 Å². The molecule has 122 valence electrons. The Bertz CT molecular complexity index is 1020. The lowest BCUT2D eigenvalue weighted by Crippen LogP contribution is -2.27. The molecule has 1 heterocycles. The molecular weight excluding hydrogens is 350 g/mol. The van der Waals surface area contributed by atoms with E-state index in [2.05, 4.69) is 0 Å². The predicted octanol–water partition coefficient (Wildman–Crippen LogP) is 4.95. The number of carbonyl (C=O) groups is 1. The number of thioether (sulfide) groups is 1. The first-order valence-corrected chi connectivity index (χ1v) is 8.91. The number of benzene rings is 3. The van der Waals surface area contributed by atoms with Crippen LogP contribution >= 0.6 is 24.0 Å². The number of anilines is 1. The normalized spacial score (nSPS) is 16.2. The number of amides is 1. The maximum absolute atomic E-state index is 12.8. The zero-order valence-electron chi connectivity index (χ0n) is 13.0. The van der Waals surface area contributed by atoms with Gasteiger partial charge in [0.2, 0.25) is 0 Å². The minimum Gasteiger partial charge on any atom is -0.508 e. The quantitative estimate of drug-likeness (QED) is 0.516. The summed E-state index contributed by atoms with van der Waals surface area (Å²) in [5.74, 6) is 0.00844. The average molecular weight is 363 g/mol. The van der Waals surface area contributed by atoms with Crippen LogP contribution in [-0.2, 0) is 4.79 Å². The predicted molar refractivity (Wildman–Crippen MR) is 108 cm³/mol. The van der Waals surface area contributed by atoms with Gasteiger partial charge < -0.3 is 5.11 Å². The molecule has 0 spiro atoms. The lowest BCUT2D eigenvalue weighted by molar-refractivity contribution is -0.113. The molecule has 3 nitrogen and oxygen atoms in total. The smallest absolute Gasteiger partial charge is 0.270 e. The summed E-state index contributed by atoms with van der Waals surface area (Å²) in [6.07, 6.45) is 1.89. The van der Waals surface area contributed by atoms with Gasteiger partial charge in [0.05, 0.1) is 10.6 Å². The summed E-state index contributed by atoms with van der Waals surface area (Å²) in [4.78, 5) is 14.9. The molecule has 1 saturated heterocycles. The second-order valence-electron chi connectivity index (χ2n) is 5.60. The van der Waals surface area contributed by atoms with Crippen molar-refractivity contribution in [2.24, 2.45) is 0 Å². The van der Waals surface area contributed by atoms with Gasteiger partial charge in [-0.25, -0.2) is 0 Å². The summed E-state index contributed by atoms with van der Waals surface area (Å²) in [6.45, 7) is 0. The van der Waals surface area contributed by atoms with Gasteiger partial charge in [-0.2, -0.15) is 0 Å². The highest BCUT2D eigenvalue weighted by Crippen LogP contribution is 2.37. The molecular formula is C20H13NO2S2. The van der Waals surface area contributed by atoms with Gasteiger partial charge in [-0.1, -0.05) is 66.4 Å². The molecule has 0 bridgehead atoms. The molecule has 1 aliphatic rings. The molecule has 0 unspecified atom stereocenters. The van der Waals surface area contributed by atoms with Crippen molar-refractivity contribution in [3.63, 3.8) is 0 Å². The van der Waals surface area contributed by atoms with Gasteiger partial charge in [-0.15, -0.1) is 0 Å². The number of phenols is 1. The summed E-state index contributed by atoms with van der Waals surface area (Å²) in [5, 5.41) is 11.7. The summed E-state index contributed by atoms with van der Waals surface area (Å²) < 4.78 is 0.488. The van der Waals surface area contributed by atoms with Crippen LogP contribution in [0.3, 0.4) is 0 Å². The summed E-state index contributed by atoms with van der Waals surface area (Å²) in [7, 11) is 0. The van der Waals surface area contributed by atoms with E-state index >= 15 is 0 Å². The third-order valence-electron chi connectivity index (χ3n) is 4.01. The number of phenolic OH excluding ortho intramolecular Hbond substituents is 1. The number of thiocarbonyl (C=S) groups is 1. The molecule has 3 aromatic rings. The van der Waals surface area contributed by atoms with Crippen molar-refractivity contribution >= 4 is 56.7 Å². The fraction of sp³-hybridized carbons (Fsp3) is 0. The third kappa shape index (κ3) is 2.92. The molecule has 3 aromatic carbocycles. The Morgan fingerprint density at radius 3 is 2.48 bits per heavy atom. The molecule has 1 N–H and O–H groups in total. The topological polar surface area (TPSA) is 40.5 Å². The molecule has 0 radical (unpaired) electrons. The number of fused-ring (bicyclic) bond motifs is 1. The first kappa shape index (κ1) is 15.9. The first-order chi connectivity index (χ1) is 12.1. The Hall–Kier alpha value is -2.63. The van der Waals surface area contributed by atoms with E-state index in [0.29, 0.717) is 14.9 Å². The van der Waals surface area contributed by atoms with Crippen LogP contribution in [0.4, 0.5) is 5.69 Å². The standard InChI is InChI=1S/C20H13NO2S2/c22-16-10-8-15(9-11-16)21-19(23)18(25-20(21)24)12-14-6-3-5-13-4-1-2-7-17(13)14/h1-12,22H. The molecule has 0 atom stereocenters. The molecule has 0 saturated carbocycles. The van der Waals surface area contributed by atoms with Crippen molar-refractivity contribution in [1.29, 1.82) is 0 Å². The van der Waals surface area contributed by atoms with Gasteiger partial charge in [0.25, 0.3) is 5.91 Å². The lowest BCUT2D eigenvalue weighted by Gasteiger charge is -2.14. The molecule has 4 rings (SSSR count). The van der Waals surface area contributed by atoms with Crippen LogP contribution in [-0.4, -0.2) is 15.3 Å². The zero-order chi connectivity index (χ0) is 17.4. The number of nitrogens with zero attached hydrogens (tertiary/aromatic N) is 1. The van der Waals surface area contributed by atoms with E-state index in [1.807, 2.05) is 48.5 Å². The Balaban J connectivity index is 1.74. The van der Waals surface area contributed by atoms with Crippen LogP contribution in [0.1, 0.15) is 5.56 Å². The number of carbonyl (C=O) groups excluding carboxylic acids is 1. The SMILES string of the molecule is O=C1C(=Cc2cccc3ccccc23)SC(=S)N1c1ccc(O)cc1. The van der Waals surface area contributed by atoms with Crippen molar-refractivity contribution in [2.75, 3.05) is 4.90 Å². The number of hydrogen-bond donors (Lipinski definition) is 1. The molecule has 0 aromatic heterocycles. The van der Waals surface area contributed by atoms with E-state index in [0.717, 1.165) is 16.3 Å². The van der Waals surface area contributed by atoms with Crippen LogP contribution in [0.5, 0.6) is 5.75 Å². The van der Waals surface area contributed by atoms with Crippen molar-refractivity contribution in [3.05, 3.63) is 77.2 Å². The minimum absolute atomic E-state index is 0.145. The van der Waals surface area contributed by atoms with E-state index in [9.17, 15) is 9.90 Å². The van der Waals surface area contributed by atoms with Crippen LogP contribution in [0.2, 0.25) is 0 Å². The van der Waals surface area contributed by atoms with Gasteiger partial charge >= 0.3 is 0 Å². The second-order valence-corrected chi connectivity index (χ2v) is 7.28. The van der Waals surface area contributed by atoms with E-state index in [1.165, 1.54) is 16.7 Å².